The van der Waals surface area contributed by atoms with E-state index in [9.17, 15) is 9.59 Å². The van der Waals surface area contributed by atoms with Crippen LogP contribution < -0.4 is 4.90 Å². The van der Waals surface area contributed by atoms with Crippen molar-refractivity contribution in [3.63, 3.8) is 0 Å². The number of thioether (sulfide) groups is 1. The Labute approximate surface area is 140 Å². The zero-order valence-electron chi connectivity index (χ0n) is 13.2. The standard InChI is InChI=1S/C18H20N2O2S/c1-3-8-20-17(21)16(23-18(20)22)12-14-6-7-15(11-13(14)2)19-9-4-5-10-19/h3,6-7,11-12H,1,4-5,8-10H2,2H3/b16-12-. The highest BCUT2D eigenvalue weighted by Crippen LogP contribution is 2.33. The summed E-state index contributed by atoms with van der Waals surface area (Å²) in [4.78, 5) is 28.2. The van der Waals surface area contributed by atoms with Crippen LogP contribution in [-0.4, -0.2) is 35.7 Å². The van der Waals surface area contributed by atoms with Crippen molar-refractivity contribution in [3.8, 4) is 0 Å². The van der Waals surface area contributed by atoms with Crippen molar-refractivity contribution in [2.24, 2.45) is 0 Å². The summed E-state index contributed by atoms with van der Waals surface area (Å²) >= 11 is 0.995. The van der Waals surface area contributed by atoms with Gasteiger partial charge in [0.05, 0.1) is 4.91 Å². The number of carbonyl (C=O) groups is 2. The number of rotatable bonds is 4. The van der Waals surface area contributed by atoms with Crippen LogP contribution in [-0.2, 0) is 4.79 Å². The summed E-state index contributed by atoms with van der Waals surface area (Å²) in [5.74, 6) is -0.233. The minimum absolute atomic E-state index is 0.229. The Hall–Kier alpha value is -2.01. The first-order chi connectivity index (χ1) is 11.1. The number of imide groups is 1. The first kappa shape index (κ1) is 15.9. The monoisotopic (exact) mass is 328 g/mol. The van der Waals surface area contributed by atoms with E-state index in [1.165, 1.54) is 23.4 Å². The van der Waals surface area contributed by atoms with Crippen LogP contribution >= 0.6 is 11.8 Å². The highest BCUT2D eigenvalue weighted by atomic mass is 32.2. The molecule has 0 N–H and O–H groups in total. The Bertz CT molecular complexity index is 690. The molecular formula is C18H20N2O2S. The number of hydrogen-bond donors (Lipinski definition) is 0. The lowest BCUT2D eigenvalue weighted by atomic mass is 10.1. The van der Waals surface area contributed by atoms with Crippen LogP contribution in [0.4, 0.5) is 10.5 Å². The largest absolute Gasteiger partial charge is 0.372 e. The smallest absolute Gasteiger partial charge is 0.293 e. The third kappa shape index (κ3) is 3.20. The van der Waals surface area contributed by atoms with Gasteiger partial charge in [-0.05, 0) is 60.9 Å². The summed E-state index contributed by atoms with van der Waals surface area (Å²) < 4.78 is 0. The Morgan fingerprint density at radius 3 is 2.65 bits per heavy atom. The van der Waals surface area contributed by atoms with E-state index in [1.807, 2.05) is 19.1 Å². The second-order valence-corrected chi connectivity index (χ2v) is 6.81. The number of aryl methyl sites for hydroxylation is 1. The second kappa shape index (κ2) is 6.62. The average Bonchev–Trinajstić information content (AvgIpc) is 3.14. The fourth-order valence-electron chi connectivity index (χ4n) is 2.92. The lowest BCUT2D eigenvalue weighted by Gasteiger charge is -2.18. The van der Waals surface area contributed by atoms with Gasteiger partial charge in [-0.1, -0.05) is 12.1 Å². The molecule has 0 atom stereocenters. The minimum atomic E-state index is -0.233. The van der Waals surface area contributed by atoms with Gasteiger partial charge in [0.1, 0.15) is 0 Å². The molecule has 0 aromatic heterocycles. The first-order valence-corrected chi connectivity index (χ1v) is 8.63. The van der Waals surface area contributed by atoms with Gasteiger partial charge in [0.25, 0.3) is 11.1 Å². The molecule has 2 aliphatic rings. The lowest BCUT2D eigenvalue weighted by molar-refractivity contribution is -0.122. The summed E-state index contributed by atoms with van der Waals surface area (Å²) in [5, 5.41) is -0.229. The zero-order chi connectivity index (χ0) is 16.4. The van der Waals surface area contributed by atoms with E-state index in [4.69, 9.17) is 0 Å². The van der Waals surface area contributed by atoms with Crippen LogP contribution in [0.3, 0.4) is 0 Å². The summed E-state index contributed by atoms with van der Waals surface area (Å²) in [6.07, 6.45) is 5.88. The molecule has 4 nitrogen and oxygen atoms in total. The quantitative estimate of drug-likeness (QED) is 0.622. The van der Waals surface area contributed by atoms with Gasteiger partial charge in [-0.25, -0.2) is 0 Å². The molecule has 2 saturated heterocycles. The highest BCUT2D eigenvalue weighted by Gasteiger charge is 2.34. The molecule has 2 fully saturated rings. The van der Waals surface area contributed by atoms with Gasteiger partial charge >= 0.3 is 0 Å². The number of amides is 2. The molecule has 0 bridgehead atoms. The van der Waals surface area contributed by atoms with E-state index in [1.54, 1.807) is 6.08 Å². The Morgan fingerprint density at radius 1 is 1.26 bits per heavy atom. The lowest BCUT2D eigenvalue weighted by Crippen LogP contribution is -2.27. The van der Waals surface area contributed by atoms with E-state index in [-0.39, 0.29) is 17.7 Å². The molecule has 120 valence electrons. The van der Waals surface area contributed by atoms with Gasteiger partial charge in [0.2, 0.25) is 0 Å². The summed E-state index contributed by atoms with van der Waals surface area (Å²) in [6, 6.07) is 6.29. The molecule has 2 heterocycles. The normalized spacial score (nSPS) is 20.0. The van der Waals surface area contributed by atoms with Crippen LogP contribution in [0.5, 0.6) is 0 Å². The molecule has 5 heteroatoms. The average molecular weight is 328 g/mol. The fourth-order valence-corrected chi connectivity index (χ4v) is 3.76. The third-order valence-electron chi connectivity index (χ3n) is 4.20. The second-order valence-electron chi connectivity index (χ2n) is 5.82. The molecule has 1 aromatic rings. The maximum atomic E-state index is 12.3. The Morgan fingerprint density at radius 2 is 2.00 bits per heavy atom. The van der Waals surface area contributed by atoms with Crippen molar-refractivity contribution in [2.75, 3.05) is 24.5 Å². The molecule has 0 saturated carbocycles. The van der Waals surface area contributed by atoms with E-state index < -0.39 is 0 Å². The van der Waals surface area contributed by atoms with Crippen molar-refractivity contribution in [1.29, 1.82) is 0 Å². The van der Waals surface area contributed by atoms with Gasteiger partial charge < -0.3 is 4.90 Å². The fraction of sp³-hybridized carbons (Fsp3) is 0.333. The molecule has 0 aliphatic carbocycles. The number of nitrogens with zero attached hydrogens (tertiary/aromatic N) is 2. The molecule has 0 radical (unpaired) electrons. The van der Waals surface area contributed by atoms with Crippen LogP contribution in [0.2, 0.25) is 0 Å². The molecule has 0 unspecified atom stereocenters. The van der Waals surface area contributed by atoms with Crippen molar-refractivity contribution >= 4 is 34.7 Å². The van der Waals surface area contributed by atoms with Crippen LogP contribution in [0.1, 0.15) is 24.0 Å². The van der Waals surface area contributed by atoms with E-state index in [0.29, 0.717) is 4.91 Å². The molecule has 0 spiro atoms. The zero-order valence-corrected chi connectivity index (χ0v) is 14.1. The molecular weight excluding hydrogens is 308 g/mol. The number of anilines is 1. The van der Waals surface area contributed by atoms with Gasteiger partial charge in [0, 0.05) is 25.3 Å². The topological polar surface area (TPSA) is 40.6 Å². The third-order valence-corrected chi connectivity index (χ3v) is 5.10. The van der Waals surface area contributed by atoms with Crippen molar-refractivity contribution in [1.82, 2.24) is 4.90 Å². The van der Waals surface area contributed by atoms with Crippen LogP contribution in [0.25, 0.3) is 6.08 Å². The van der Waals surface area contributed by atoms with Crippen LogP contribution in [0, 0.1) is 6.92 Å². The number of carbonyl (C=O) groups excluding carboxylic acids is 2. The molecule has 2 aliphatic heterocycles. The van der Waals surface area contributed by atoms with E-state index in [2.05, 4.69) is 23.6 Å². The van der Waals surface area contributed by atoms with E-state index in [0.717, 1.165) is 36.0 Å². The Kier molecular flexibility index (Phi) is 4.57. The van der Waals surface area contributed by atoms with Crippen molar-refractivity contribution in [3.05, 3.63) is 46.9 Å². The van der Waals surface area contributed by atoms with Gasteiger partial charge in [-0.3, -0.25) is 14.5 Å². The first-order valence-electron chi connectivity index (χ1n) is 7.82. The maximum Gasteiger partial charge on any atom is 0.293 e. The maximum absolute atomic E-state index is 12.3. The number of hydrogen-bond acceptors (Lipinski definition) is 4. The van der Waals surface area contributed by atoms with Crippen LogP contribution in [0.15, 0.2) is 35.8 Å². The minimum Gasteiger partial charge on any atom is -0.372 e. The van der Waals surface area contributed by atoms with E-state index >= 15 is 0 Å². The highest BCUT2D eigenvalue weighted by molar-refractivity contribution is 8.18. The predicted octanol–water partition coefficient (Wildman–Crippen LogP) is 3.82. The van der Waals surface area contributed by atoms with Gasteiger partial charge in [0.15, 0.2) is 0 Å². The summed E-state index contributed by atoms with van der Waals surface area (Å²) in [6.45, 7) is 8.10. The molecule has 3 rings (SSSR count). The SMILES string of the molecule is C=CCN1C(=O)S/C(=C\c2ccc(N3CCCC3)cc2C)C1=O. The molecule has 2 amide bonds. The molecule has 1 aromatic carbocycles. The molecule has 23 heavy (non-hydrogen) atoms. The number of benzene rings is 1. The van der Waals surface area contributed by atoms with Gasteiger partial charge in [-0.2, -0.15) is 0 Å². The van der Waals surface area contributed by atoms with Crippen molar-refractivity contribution in [2.45, 2.75) is 19.8 Å². The van der Waals surface area contributed by atoms with Gasteiger partial charge in [-0.15, -0.1) is 6.58 Å². The Balaban J connectivity index is 1.83. The summed E-state index contributed by atoms with van der Waals surface area (Å²) in [5.41, 5.74) is 3.33. The van der Waals surface area contributed by atoms with Crippen molar-refractivity contribution < 1.29 is 9.59 Å². The predicted molar refractivity (Wildman–Crippen MR) is 95.5 cm³/mol. The summed E-state index contributed by atoms with van der Waals surface area (Å²) in [7, 11) is 0.